The van der Waals surface area contributed by atoms with Crippen molar-refractivity contribution in [3.8, 4) is 0 Å². The predicted octanol–water partition coefficient (Wildman–Crippen LogP) is 4.17. The van der Waals surface area contributed by atoms with E-state index < -0.39 is 4.92 Å². The van der Waals surface area contributed by atoms with Gasteiger partial charge in [-0.2, -0.15) is 9.78 Å². The third-order valence-corrected chi connectivity index (χ3v) is 4.49. The lowest BCUT2D eigenvalue weighted by Gasteiger charge is -2.07. The molecule has 3 rings (SSSR count). The molecule has 0 amide bonds. The second kappa shape index (κ2) is 7.35. The lowest BCUT2D eigenvalue weighted by atomic mass is 10.2. The minimum Gasteiger partial charge on any atom is -0.267 e. The van der Waals surface area contributed by atoms with Crippen molar-refractivity contribution in [1.29, 1.82) is 0 Å². The molecule has 1 heterocycles. The van der Waals surface area contributed by atoms with E-state index in [-0.39, 0.29) is 16.3 Å². The van der Waals surface area contributed by atoms with Crippen LogP contribution in [0.15, 0.2) is 50.8 Å². The molecule has 3 aromatic rings. The van der Waals surface area contributed by atoms with Gasteiger partial charge in [-0.05, 0) is 24.3 Å². The summed E-state index contributed by atoms with van der Waals surface area (Å²) in [7, 11) is 0. The summed E-state index contributed by atoms with van der Waals surface area (Å²) in [6.07, 6.45) is 1.87. The van der Waals surface area contributed by atoms with Gasteiger partial charge >= 0.3 is 0 Å². The summed E-state index contributed by atoms with van der Waals surface area (Å²) in [6, 6.07) is 9.56. The summed E-state index contributed by atoms with van der Waals surface area (Å²) >= 11 is 9.15. The number of nitro groups is 1. The van der Waals surface area contributed by atoms with E-state index in [1.165, 1.54) is 23.0 Å². The molecule has 0 spiro atoms. The number of hydrogen-bond acceptors (Lipinski definition) is 5. The van der Waals surface area contributed by atoms with Crippen LogP contribution in [-0.2, 0) is 6.42 Å². The van der Waals surface area contributed by atoms with Crippen molar-refractivity contribution in [2.45, 2.75) is 13.3 Å². The summed E-state index contributed by atoms with van der Waals surface area (Å²) in [5.41, 5.74) is 0.500. The zero-order valence-electron chi connectivity index (χ0n) is 13.5. The molecule has 1 aromatic heterocycles. The monoisotopic (exact) mass is 434 g/mol. The van der Waals surface area contributed by atoms with Gasteiger partial charge in [-0.3, -0.25) is 14.9 Å². The predicted molar refractivity (Wildman–Crippen MR) is 104 cm³/mol. The van der Waals surface area contributed by atoms with E-state index in [4.69, 9.17) is 11.6 Å². The van der Waals surface area contributed by atoms with Crippen LogP contribution < -0.4 is 5.56 Å². The minimum absolute atomic E-state index is 0.0378. The first-order chi connectivity index (χ1) is 12.4. The maximum absolute atomic E-state index is 12.8. The Morgan fingerprint density at radius 1 is 1.35 bits per heavy atom. The highest BCUT2D eigenvalue weighted by atomic mass is 79.9. The van der Waals surface area contributed by atoms with Crippen LogP contribution in [0.25, 0.3) is 10.9 Å². The quantitative estimate of drug-likeness (QED) is 0.349. The van der Waals surface area contributed by atoms with Crippen LogP contribution in [0.1, 0.15) is 18.3 Å². The van der Waals surface area contributed by atoms with Crippen LogP contribution in [0.2, 0.25) is 5.02 Å². The van der Waals surface area contributed by atoms with Gasteiger partial charge in [0.15, 0.2) is 0 Å². The third-order valence-electron chi connectivity index (χ3n) is 3.68. The molecular formula is C17H12BrClN4O3. The number of aryl methyl sites for hydroxylation is 1. The van der Waals surface area contributed by atoms with Crippen LogP contribution in [0.5, 0.6) is 0 Å². The number of fused-ring (bicyclic) bond motifs is 1. The maximum atomic E-state index is 12.8. The molecular weight excluding hydrogens is 424 g/mol. The number of benzene rings is 2. The van der Waals surface area contributed by atoms with E-state index in [0.29, 0.717) is 28.7 Å². The van der Waals surface area contributed by atoms with Gasteiger partial charge in [-0.15, -0.1) is 0 Å². The number of aromatic nitrogens is 2. The van der Waals surface area contributed by atoms with Crippen molar-refractivity contribution >= 4 is 50.3 Å². The van der Waals surface area contributed by atoms with Crippen molar-refractivity contribution in [1.82, 2.24) is 9.66 Å². The number of halogens is 2. The number of nitro benzene ring substituents is 1. The largest absolute Gasteiger partial charge is 0.288 e. The molecule has 0 radical (unpaired) electrons. The molecule has 0 bridgehead atoms. The van der Waals surface area contributed by atoms with Crippen molar-refractivity contribution in [3.63, 3.8) is 0 Å². The summed E-state index contributed by atoms with van der Waals surface area (Å²) in [6.45, 7) is 1.87. The number of hydrogen-bond donors (Lipinski definition) is 0. The van der Waals surface area contributed by atoms with E-state index in [1.807, 2.05) is 13.0 Å². The highest BCUT2D eigenvalue weighted by Crippen LogP contribution is 2.24. The van der Waals surface area contributed by atoms with Gasteiger partial charge in [-0.25, -0.2) is 4.98 Å². The average molecular weight is 436 g/mol. The molecule has 9 heteroatoms. The Bertz CT molecular complexity index is 1110. The minimum atomic E-state index is -0.571. The first-order valence-electron chi connectivity index (χ1n) is 7.60. The molecule has 0 atom stereocenters. The Labute approximate surface area is 161 Å². The molecule has 0 fully saturated rings. The smallest absolute Gasteiger partial charge is 0.267 e. The van der Waals surface area contributed by atoms with Crippen LogP contribution in [0.4, 0.5) is 5.69 Å². The molecule has 7 nitrogen and oxygen atoms in total. The van der Waals surface area contributed by atoms with Crippen molar-refractivity contribution < 1.29 is 4.92 Å². The summed E-state index contributed by atoms with van der Waals surface area (Å²) < 4.78 is 1.96. The van der Waals surface area contributed by atoms with Gasteiger partial charge in [0.1, 0.15) is 10.8 Å². The van der Waals surface area contributed by atoms with E-state index in [2.05, 4.69) is 26.0 Å². The average Bonchev–Trinajstić information content (AvgIpc) is 2.62. The Kier molecular flexibility index (Phi) is 5.15. The molecule has 0 aliphatic carbocycles. The second-order valence-corrected chi connectivity index (χ2v) is 6.70. The molecule has 26 heavy (non-hydrogen) atoms. The zero-order chi connectivity index (χ0) is 18.8. The van der Waals surface area contributed by atoms with E-state index in [1.54, 1.807) is 18.2 Å². The normalized spacial score (nSPS) is 11.3. The Morgan fingerprint density at radius 3 is 2.81 bits per heavy atom. The zero-order valence-corrected chi connectivity index (χ0v) is 15.9. The molecule has 0 aliphatic rings. The highest BCUT2D eigenvalue weighted by Gasteiger charge is 2.13. The van der Waals surface area contributed by atoms with Crippen molar-refractivity contribution in [3.05, 3.63) is 77.7 Å². The van der Waals surface area contributed by atoms with E-state index in [9.17, 15) is 14.9 Å². The SMILES string of the molecule is CCc1nc2ccc(Br)cc2c(=O)n1N=Cc1ccc(Cl)c([N+](=O)[O-])c1. The van der Waals surface area contributed by atoms with Crippen LogP contribution in [-0.4, -0.2) is 20.8 Å². The Morgan fingerprint density at radius 2 is 2.12 bits per heavy atom. The molecule has 0 saturated heterocycles. The van der Waals surface area contributed by atoms with Gasteiger partial charge in [-0.1, -0.05) is 40.5 Å². The van der Waals surface area contributed by atoms with Gasteiger partial charge in [0.05, 0.1) is 22.0 Å². The van der Waals surface area contributed by atoms with Gasteiger partial charge in [0.25, 0.3) is 11.2 Å². The Balaban J connectivity index is 2.12. The molecule has 132 valence electrons. The lowest BCUT2D eigenvalue weighted by molar-refractivity contribution is -0.384. The Hall–Kier alpha value is -2.58. The first-order valence-corrected chi connectivity index (χ1v) is 8.77. The van der Waals surface area contributed by atoms with E-state index in [0.717, 1.165) is 4.47 Å². The lowest BCUT2D eigenvalue weighted by Crippen LogP contribution is -2.22. The van der Waals surface area contributed by atoms with Gasteiger partial charge < -0.3 is 0 Å². The van der Waals surface area contributed by atoms with Gasteiger partial charge in [0.2, 0.25) is 0 Å². The van der Waals surface area contributed by atoms with Crippen LogP contribution in [0, 0.1) is 10.1 Å². The second-order valence-electron chi connectivity index (χ2n) is 5.37. The molecule has 2 aromatic carbocycles. The molecule has 0 unspecified atom stereocenters. The topological polar surface area (TPSA) is 90.4 Å². The first kappa shape index (κ1) is 18.2. The highest BCUT2D eigenvalue weighted by molar-refractivity contribution is 9.10. The van der Waals surface area contributed by atoms with Crippen LogP contribution >= 0.6 is 27.5 Å². The van der Waals surface area contributed by atoms with E-state index >= 15 is 0 Å². The standard InChI is InChI=1S/C17H12BrClN4O3/c1-2-16-21-14-6-4-11(18)8-12(14)17(24)22(16)20-9-10-3-5-13(19)15(7-10)23(25)26/h3-9H,2H2,1H3. The summed E-state index contributed by atoms with van der Waals surface area (Å²) in [5.74, 6) is 0.490. The van der Waals surface area contributed by atoms with Crippen molar-refractivity contribution in [2.24, 2.45) is 5.10 Å². The van der Waals surface area contributed by atoms with Crippen LogP contribution in [0.3, 0.4) is 0 Å². The number of nitrogens with zero attached hydrogens (tertiary/aromatic N) is 4. The maximum Gasteiger partial charge on any atom is 0.288 e. The molecule has 0 saturated carbocycles. The molecule has 0 aliphatic heterocycles. The molecule has 0 N–H and O–H groups in total. The van der Waals surface area contributed by atoms with Crippen molar-refractivity contribution in [2.75, 3.05) is 0 Å². The van der Waals surface area contributed by atoms with Gasteiger partial charge in [0, 0.05) is 22.5 Å². The fourth-order valence-electron chi connectivity index (χ4n) is 2.42. The third kappa shape index (κ3) is 3.51. The fourth-order valence-corrected chi connectivity index (χ4v) is 2.96. The summed E-state index contributed by atoms with van der Waals surface area (Å²) in [4.78, 5) is 27.7. The fraction of sp³-hybridized carbons (Fsp3) is 0.118. The summed E-state index contributed by atoms with van der Waals surface area (Å²) in [5, 5.41) is 15.6. The number of rotatable bonds is 4.